The van der Waals surface area contributed by atoms with Gasteiger partial charge in [0.1, 0.15) is 11.6 Å². The Morgan fingerprint density at radius 1 is 1.21 bits per heavy atom. The van der Waals surface area contributed by atoms with E-state index in [9.17, 15) is 9.59 Å². The average molecular weight is 308 g/mol. The maximum Gasteiger partial charge on any atom is 0.146 e. The Hall–Kier alpha value is 0.0700. The van der Waals surface area contributed by atoms with E-state index in [1.807, 2.05) is 6.92 Å². The fourth-order valence-electron chi connectivity index (χ4n) is 1.97. The largest absolute Gasteiger partial charge is 0.299 e. The molecule has 0 aromatic carbocycles. The van der Waals surface area contributed by atoms with Crippen LogP contribution in [0.25, 0.3) is 0 Å². The Kier molecular flexibility index (Phi) is 4.54. The van der Waals surface area contributed by atoms with E-state index < -0.39 is 5.41 Å². The predicted molar refractivity (Wildman–Crippen MR) is 64.7 cm³/mol. The second kappa shape index (κ2) is 5.24. The third kappa shape index (κ3) is 2.55. The van der Waals surface area contributed by atoms with Crippen molar-refractivity contribution in [1.29, 1.82) is 0 Å². The number of halogens is 1. The molecule has 0 unspecified atom stereocenters. The normalized spacial score (nSPS) is 21.3. The molecule has 0 spiro atoms. The van der Waals surface area contributed by atoms with Gasteiger partial charge in [-0.2, -0.15) is 0 Å². The van der Waals surface area contributed by atoms with Crippen LogP contribution in [-0.4, -0.2) is 16.0 Å². The molecule has 1 aliphatic rings. The van der Waals surface area contributed by atoms with Gasteiger partial charge in [0.25, 0.3) is 0 Å². The maximum absolute atomic E-state index is 11.7. The number of alkyl halides is 1. The molecule has 0 N–H and O–H groups in total. The van der Waals surface area contributed by atoms with Gasteiger partial charge < -0.3 is 0 Å². The first-order chi connectivity index (χ1) is 6.61. The van der Waals surface area contributed by atoms with E-state index in [2.05, 4.69) is 22.6 Å². The van der Waals surface area contributed by atoms with Crippen LogP contribution in [-0.2, 0) is 9.59 Å². The van der Waals surface area contributed by atoms with E-state index in [1.165, 1.54) is 0 Å². The van der Waals surface area contributed by atoms with Crippen molar-refractivity contribution in [2.24, 2.45) is 5.41 Å². The van der Waals surface area contributed by atoms with Crippen molar-refractivity contribution in [1.82, 2.24) is 0 Å². The van der Waals surface area contributed by atoms with Gasteiger partial charge in [0, 0.05) is 12.8 Å². The lowest BCUT2D eigenvalue weighted by Gasteiger charge is -2.30. The number of carbonyl (C=O) groups excluding carboxylic acids is 2. The van der Waals surface area contributed by atoms with E-state index in [4.69, 9.17) is 0 Å². The van der Waals surface area contributed by atoms with Gasteiger partial charge in [-0.1, -0.05) is 29.0 Å². The predicted octanol–water partition coefficient (Wildman–Crippen LogP) is 2.92. The average Bonchev–Trinajstić information content (AvgIpc) is 2.15. The lowest BCUT2D eigenvalue weighted by Crippen LogP contribution is -2.39. The molecule has 0 radical (unpaired) electrons. The second-order valence-corrected chi connectivity index (χ2v) is 5.26. The van der Waals surface area contributed by atoms with Crippen LogP contribution >= 0.6 is 22.6 Å². The smallest absolute Gasteiger partial charge is 0.146 e. The SMILES string of the molecule is CC1(CCCCI)C(=O)CCCC1=O. The summed E-state index contributed by atoms with van der Waals surface area (Å²) in [5, 5.41) is 0. The van der Waals surface area contributed by atoms with E-state index >= 15 is 0 Å². The third-order valence-corrected chi connectivity index (χ3v) is 3.86. The van der Waals surface area contributed by atoms with Crippen molar-refractivity contribution in [2.75, 3.05) is 4.43 Å². The monoisotopic (exact) mass is 308 g/mol. The van der Waals surface area contributed by atoms with E-state index in [-0.39, 0.29) is 11.6 Å². The van der Waals surface area contributed by atoms with Gasteiger partial charge in [-0.3, -0.25) is 9.59 Å². The highest BCUT2D eigenvalue weighted by Crippen LogP contribution is 2.34. The fourth-order valence-corrected chi connectivity index (χ4v) is 2.51. The van der Waals surface area contributed by atoms with Crippen LogP contribution in [0, 0.1) is 5.41 Å². The first kappa shape index (κ1) is 12.1. The Labute approximate surface area is 99.0 Å². The van der Waals surface area contributed by atoms with Crippen molar-refractivity contribution in [3.05, 3.63) is 0 Å². The highest BCUT2D eigenvalue weighted by Gasteiger charge is 2.41. The zero-order valence-electron chi connectivity index (χ0n) is 8.64. The lowest BCUT2D eigenvalue weighted by molar-refractivity contribution is -0.143. The van der Waals surface area contributed by atoms with Crippen LogP contribution in [0.5, 0.6) is 0 Å². The Balaban J connectivity index is 2.58. The number of carbonyl (C=O) groups is 2. The highest BCUT2D eigenvalue weighted by molar-refractivity contribution is 14.1. The molecule has 2 nitrogen and oxygen atoms in total. The van der Waals surface area contributed by atoms with Crippen molar-refractivity contribution in [2.45, 2.75) is 45.4 Å². The number of hydrogen-bond acceptors (Lipinski definition) is 2. The van der Waals surface area contributed by atoms with Gasteiger partial charge in [-0.15, -0.1) is 0 Å². The number of hydrogen-bond donors (Lipinski definition) is 0. The Morgan fingerprint density at radius 2 is 1.79 bits per heavy atom. The van der Waals surface area contributed by atoms with Crippen molar-refractivity contribution in [3.8, 4) is 0 Å². The zero-order chi connectivity index (χ0) is 10.6. The summed E-state index contributed by atoms with van der Waals surface area (Å²) in [7, 11) is 0. The molecule has 0 aliphatic heterocycles. The summed E-state index contributed by atoms with van der Waals surface area (Å²) in [6.45, 7) is 1.84. The molecule has 1 rings (SSSR count). The molecule has 3 heteroatoms. The summed E-state index contributed by atoms with van der Waals surface area (Å²) < 4.78 is 1.11. The molecule has 0 bridgehead atoms. The van der Waals surface area contributed by atoms with Crippen LogP contribution in [0.1, 0.15) is 45.4 Å². The molecular weight excluding hydrogens is 291 g/mol. The zero-order valence-corrected chi connectivity index (χ0v) is 10.8. The molecule has 1 fully saturated rings. The molecule has 0 saturated heterocycles. The van der Waals surface area contributed by atoms with Crippen molar-refractivity contribution < 1.29 is 9.59 Å². The maximum atomic E-state index is 11.7. The summed E-state index contributed by atoms with van der Waals surface area (Å²) in [4.78, 5) is 23.4. The van der Waals surface area contributed by atoms with Crippen LogP contribution in [0.4, 0.5) is 0 Å². The Bertz CT molecular complexity index is 219. The van der Waals surface area contributed by atoms with Crippen LogP contribution in [0.2, 0.25) is 0 Å². The topological polar surface area (TPSA) is 34.1 Å². The number of Topliss-reactive ketones (excluding diaryl/α,β-unsaturated/α-hetero) is 2. The number of rotatable bonds is 4. The van der Waals surface area contributed by atoms with Crippen molar-refractivity contribution >= 4 is 34.2 Å². The molecule has 0 aromatic rings. The third-order valence-electron chi connectivity index (χ3n) is 3.10. The molecule has 0 amide bonds. The first-order valence-corrected chi connectivity index (χ1v) is 6.76. The quantitative estimate of drug-likeness (QED) is 0.346. The minimum Gasteiger partial charge on any atom is -0.299 e. The van der Waals surface area contributed by atoms with Crippen LogP contribution < -0.4 is 0 Å². The minimum absolute atomic E-state index is 0.169. The van der Waals surface area contributed by atoms with Gasteiger partial charge in [0.2, 0.25) is 0 Å². The van der Waals surface area contributed by atoms with Gasteiger partial charge in [0.15, 0.2) is 0 Å². The Morgan fingerprint density at radius 3 is 2.29 bits per heavy atom. The van der Waals surface area contributed by atoms with E-state index in [0.29, 0.717) is 12.8 Å². The van der Waals surface area contributed by atoms with Gasteiger partial charge in [-0.25, -0.2) is 0 Å². The van der Waals surface area contributed by atoms with Gasteiger partial charge in [-0.05, 0) is 30.6 Å². The van der Waals surface area contributed by atoms with Crippen LogP contribution in [0.3, 0.4) is 0 Å². The summed E-state index contributed by atoms with van der Waals surface area (Å²) >= 11 is 2.33. The minimum atomic E-state index is -0.635. The first-order valence-electron chi connectivity index (χ1n) is 5.24. The molecule has 1 saturated carbocycles. The van der Waals surface area contributed by atoms with Crippen LogP contribution in [0.15, 0.2) is 0 Å². The van der Waals surface area contributed by atoms with E-state index in [0.717, 1.165) is 30.1 Å². The second-order valence-electron chi connectivity index (χ2n) is 4.18. The van der Waals surface area contributed by atoms with Gasteiger partial charge in [0.05, 0.1) is 5.41 Å². The van der Waals surface area contributed by atoms with E-state index in [1.54, 1.807) is 0 Å². The standard InChI is InChI=1S/C11H17IO2/c1-11(7-2-3-8-12)9(13)5-4-6-10(11)14/h2-8H2,1H3. The lowest BCUT2D eigenvalue weighted by atomic mass is 9.70. The van der Waals surface area contributed by atoms with Gasteiger partial charge >= 0.3 is 0 Å². The number of unbranched alkanes of at least 4 members (excludes halogenated alkanes) is 1. The van der Waals surface area contributed by atoms with Crippen molar-refractivity contribution in [3.63, 3.8) is 0 Å². The molecule has 0 heterocycles. The fraction of sp³-hybridized carbons (Fsp3) is 0.818. The molecule has 0 atom stereocenters. The molecule has 14 heavy (non-hydrogen) atoms. The summed E-state index contributed by atoms with van der Waals surface area (Å²) in [5.74, 6) is 0.337. The molecule has 1 aliphatic carbocycles. The highest BCUT2D eigenvalue weighted by atomic mass is 127. The summed E-state index contributed by atoms with van der Waals surface area (Å²) in [6, 6.07) is 0. The molecular formula is C11H17IO2. The summed E-state index contributed by atoms with van der Waals surface area (Å²) in [5.41, 5.74) is -0.635. The molecule has 0 aromatic heterocycles. The summed E-state index contributed by atoms with van der Waals surface area (Å²) in [6.07, 6.45) is 4.83. The molecule has 80 valence electrons. The number of ketones is 2.